The quantitative estimate of drug-likeness (QED) is 0.735. The Bertz CT molecular complexity index is 506. The average molecular weight is 214 g/mol. The van der Waals surface area contributed by atoms with Crippen LogP contribution in [-0.2, 0) is 0 Å². The zero-order valence-corrected chi connectivity index (χ0v) is 9.81. The second-order valence-corrected chi connectivity index (χ2v) is 3.61. The fourth-order valence-electron chi connectivity index (χ4n) is 1.78. The molecular formula is C13H16N3. The van der Waals surface area contributed by atoms with E-state index in [-0.39, 0.29) is 0 Å². The highest BCUT2D eigenvalue weighted by Gasteiger charge is 2.03. The van der Waals surface area contributed by atoms with E-state index in [1.165, 1.54) is 5.39 Å². The number of benzene rings is 2. The standard InChI is InChI=1S/C13H16N3/c1-14-11-5-4-9-7-12(15-2)13(16-3)8-10(9)6-11/h4-6,8,14-16H,1-3H3. The van der Waals surface area contributed by atoms with Crippen molar-refractivity contribution in [2.45, 2.75) is 0 Å². The maximum atomic E-state index is 3.35. The third-order valence-corrected chi connectivity index (χ3v) is 2.69. The van der Waals surface area contributed by atoms with Crippen molar-refractivity contribution >= 4 is 27.8 Å². The van der Waals surface area contributed by atoms with Crippen LogP contribution in [0.25, 0.3) is 10.8 Å². The molecule has 83 valence electrons. The molecule has 0 aliphatic carbocycles. The summed E-state index contributed by atoms with van der Waals surface area (Å²) in [5.41, 5.74) is 3.16. The number of nitrogens with one attached hydrogen (secondary N) is 3. The number of anilines is 3. The summed E-state index contributed by atoms with van der Waals surface area (Å²) < 4.78 is 0. The van der Waals surface area contributed by atoms with E-state index in [1.807, 2.05) is 21.1 Å². The van der Waals surface area contributed by atoms with Crippen molar-refractivity contribution in [3.8, 4) is 0 Å². The highest BCUT2D eigenvalue weighted by atomic mass is 14.9. The highest BCUT2D eigenvalue weighted by Crippen LogP contribution is 2.28. The first-order valence-electron chi connectivity index (χ1n) is 5.32. The molecule has 3 N–H and O–H groups in total. The summed E-state index contributed by atoms with van der Waals surface area (Å²) in [6.45, 7) is 0. The predicted octanol–water partition coefficient (Wildman–Crippen LogP) is 2.77. The summed E-state index contributed by atoms with van der Waals surface area (Å²) >= 11 is 0. The Labute approximate surface area is 95.9 Å². The van der Waals surface area contributed by atoms with Gasteiger partial charge in [-0.3, -0.25) is 0 Å². The second kappa shape index (κ2) is 4.31. The molecular weight excluding hydrogens is 198 g/mol. The third kappa shape index (κ3) is 1.76. The molecule has 0 amide bonds. The largest absolute Gasteiger partial charge is 0.388 e. The Balaban J connectivity index is 2.63. The van der Waals surface area contributed by atoms with Crippen LogP contribution in [-0.4, -0.2) is 21.1 Å². The van der Waals surface area contributed by atoms with Crippen molar-refractivity contribution in [1.29, 1.82) is 0 Å². The molecule has 0 bridgehead atoms. The van der Waals surface area contributed by atoms with Crippen molar-refractivity contribution < 1.29 is 0 Å². The van der Waals surface area contributed by atoms with E-state index in [4.69, 9.17) is 0 Å². The molecule has 3 heteroatoms. The molecule has 1 radical (unpaired) electrons. The van der Waals surface area contributed by atoms with Crippen LogP contribution in [0.2, 0.25) is 0 Å². The molecule has 0 saturated heterocycles. The molecule has 0 spiro atoms. The molecule has 0 saturated carbocycles. The normalized spacial score (nSPS) is 10.2. The van der Waals surface area contributed by atoms with Gasteiger partial charge in [0.2, 0.25) is 0 Å². The van der Waals surface area contributed by atoms with Gasteiger partial charge >= 0.3 is 0 Å². The maximum absolute atomic E-state index is 3.35. The monoisotopic (exact) mass is 214 g/mol. The molecule has 0 aliphatic heterocycles. The van der Waals surface area contributed by atoms with Gasteiger partial charge in [0.15, 0.2) is 0 Å². The van der Waals surface area contributed by atoms with Gasteiger partial charge in [0.05, 0.1) is 11.4 Å². The van der Waals surface area contributed by atoms with Crippen molar-refractivity contribution in [3.63, 3.8) is 0 Å². The first kappa shape index (κ1) is 10.6. The van der Waals surface area contributed by atoms with E-state index in [0.29, 0.717) is 0 Å². The molecule has 3 nitrogen and oxygen atoms in total. The summed E-state index contributed by atoms with van der Waals surface area (Å²) in [7, 11) is 5.74. The highest BCUT2D eigenvalue weighted by molar-refractivity contribution is 5.93. The van der Waals surface area contributed by atoms with Crippen LogP contribution in [0.4, 0.5) is 17.1 Å². The lowest BCUT2D eigenvalue weighted by Gasteiger charge is -2.11. The molecule has 16 heavy (non-hydrogen) atoms. The molecule has 0 fully saturated rings. The summed E-state index contributed by atoms with van der Waals surface area (Å²) in [5.74, 6) is 0. The van der Waals surface area contributed by atoms with Crippen LogP contribution in [0, 0.1) is 6.07 Å². The minimum absolute atomic E-state index is 0.993. The lowest BCUT2D eigenvalue weighted by molar-refractivity contribution is 1.46. The lowest BCUT2D eigenvalue weighted by Crippen LogP contribution is -1.97. The Morgan fingerprint density at radius 2 is 1.75 bits per heavy atom. The topological polar surface area (TPSA) is 36.1 Å². The van der Waals surface area contributed by atoms with Gasteiger partial charge < -0.3 is 16.0 Å². The van der Waals surface area contributed by atoms with Crippen LogP contribution < -0.4 is 16.0 Å². The maximum Gasteiger partial charge on any atom is 0.0660 e. The van der Waals surface area contributed by atoms with Gasteiger partial charge in [-0.25, -0.2) is 0 Å². The van der Waals surface area contributed by atoms with E-state index in [1.54, 1.807) is 0 Å². The van der Waals surface area contributed by atoms with Crippen molar-refractivity contribution in [2.75, 3.05) is 37.1 Å². The number of fused-ring (bicyclic) bond motifs is 1. The number of hydrogen-bond acceptors (Lipinski definition) is 3. The summed E-state index contributed by atoms with van der Waals surface area (Å²) in [4.78, 5) is 0. The van der Waals surface area contributed by atoms with E-state index < -0.39 is 0 Å². The first-order valence-corrected chi connectivity index (χ1v) is 5.32. The Morgan fingerprint density at radius 3 is 2.38 bits per heavy atom. The van der Waals surface area contributed by atoms with Crippen molar-refractivity contribution in [1.82, 2.24) is 0 Å². The number of hydrogen-bond donors (Lipinski definition) is 3. The van der Waals surface area contributed by atoms with Gasteiger partial charge in [0.25, 0.3) is 0 Å². The van der Waals surface area contributed by atoms with E-state index in [9.17, 15) is 0 Å². The SMILES string of the molecule is CNc1ccc2[c]c(NC)c(NC)cc2c1. The van der Waals surface area contributed by atoms with E-state index in [2.05, 4.69) is 46.3 Å². The molecule has 0 unspecified atom stereocenters. The fraction of sp³-hybridized carbons (Fsp3) is 0.231. The van der Waals surface area contributed by atoms with E-state index in [0.717, 1.165) is 22.4 Å². The van der Waals surface area contributed by atoms with Gasteiger partial charge in [0, 0.05) is 32.9 Å². The summed E-state index contributed by atoms with van der Waals surface area (Å²) in [5, 5.41) is 11.7. The third-order valence-electron chi connectivity index (χ3n) is 2.69. The minimum atomic E-state index is 0.993. The smallest absolute Gasteiger partial charge is 0.0660 e. The van der Waals surface area contributed by atoms with Crippen LogP contribution in [0.5, 0.6) is 0 Å². The average Bonchev–Trinajstić information content (AvgIpc) is 2.36. The summed E-state index contributed by atoms with van der Waals surface area (Å²) in [6, 6.07) is 11.7. The van der Waals surface area contributed by atoms with Crippen LogP contribution in [0.3, 0.4) is 0 Å². The van der Waals surface area contributed by atoms with Gasteiger partial charge in [0.1, 0.15) is 0 Å². The number of rotatable bonds is 3. The van der Waals surface area contributed by atoms with Gasteiger partial charge in [-0.05, 0) is 29.0 Å². The second-order valence-electron chi connectivity index (χ2n) is 3.61. The fourth-order valence-corrected chi connectivity index (χ4v) is 1.78. The van der Waals surface area contributed by atoms with Crippen molar-refractivity contribution in [2.24, 2.45) is 0 Å². The zero-order chi connectivity index (χ0) is 11.5. The Morgan fingerprint density at radius 1 is 0.938 bits per heavy atom. The molecule has 0 heterocycles. The predicted molar refractivity (Wildman–Crippen MR) is 71.4 cm³/mol. The molecule has 2 aromatic carbocycles. The molecule has 0 atom stereocenters. The summed E-state index contributed by atoms with van der Waals surface area (Å²) in [6.07, 6.45) is 0. The Kier molecular flexibility index (Phi) is 2.86. The van der Waals surface area contributed by atoms with Gasteiger partial charge in [-0.1, -0.05) is 6.07 Å². The molecule has 2 rings (SSSR count). The van der Waals surface area contributed by atoms with Gasteiger partial charge in [-0.15, -0.1) is 0 Å². The van der Waals surface area contributed by atoms with Gasteiger partial charge in [-0.2, -0.15) is 0 Å². The Hall–Kier alpha value is -1.90. The molecule has 0 aliphatic rings. The van der Waals surface area contributed by atoms with Crippen LogP contribution in [0.1, 0.15) is 0 Å². The minimum Gasteiger partial charge on any atom is -0.388 e. The van der Waals surface area contributed by atoms with Crippen molar-refractivity contribution in [3.05, 3.63) is 30.3 Å². The first-order chi connectivity index (χ1) is 7.78. The lowest BCUT2D eigenvalue weighted by atomic mass is 10.1. The zero-order valence-electron chi connectivity index (χ0n) is 9.81. The molecule has 2 aromatic rings. The van der Waals surface area contributed by atoms with Crippen LogP contribution in [0.15, 0.2) is 24.3 Å². The van der Waals surface area contributed by atoms with E-state index >= 15 is 0 Å². The van der Waals surface area contributed by atoms with Crippen LogP contribution >= 0.6 is 0 Å². The molecule has 0 aromatic heterocycles.